The van der Waals surface area contributed by atoms with E-state index in [1.165, 1.54) is 12.8 Å². The van der Waals surface area contributed by atoms with E-state index in [0.29, 0.717) is 18.4 Å². The van der Waals surface area contributed by atoms with Gasteiger partial charge >= 0.3 is 5.97 Å². The fourth-order valence-corrected chi connectivity index (χ4v) is 1.59. The molecule has 0 aliphatic rings. The molecule has 0 aliphatic heterocycles. The Morgan fingerprint density at radius 1 is 1.00 bits per heavy atom. The first-order valence-electron chi connectivity index (χ1n) is 7.01. The molecule has 0 saturated heterocycles. The first-order valence-corrected chi connectivity index (χ1v) is 7.01. The standard InChI is InChI=1S/C15H30O2/c1-11(2)8-7-9-13(5)10-17-15(16)14(6)12(3)4/h11-14H,7-10H2,1-6H3. The molecule has 2 atom stereocenters. The summed E-state index contributed by atoms with van der Waals surface area (Å²) in [7, 11) is 0. The van der Waals surface area contributed by atoms with Gasteiger partial charge in [0.15, 0.2) is 0 Å². The van der Waals surface area contributed by atoms with Gasteiger partial charge in [-0.2, -0.15) is 0 Å². The smallest absolute Gasteiger partial charge is 0.308 e. The summed E-state index contributed by atoms with van der Waals surface area (Å²) in [6.07, 6.45) is 3.65. The molecule has 2 nitrogen and oxygen atoms in total. The summed E-state index contributed by atoms with van der Waals surface area (Å²) in [5, 5.41) is 0. The van der Waals surface area contributed by atoms with Gasteiger partial charge in [0.1, 0.15) is 0 Å². The Hall–Kier alpha value is -0.530. The maximum absolute atomic E-state index is 11.6. The number of ether oxygens (including phenoxy) is 1. The minimum atomic E-state index is -0.0456. The molecule has 0 aromatic heterocycles. The summed E-state index contributed by atoms with van der Waals surface area (Å²) in [4.78, 5) is 11.6. The Labute approximate surface area is 107 Å². The highest BCUT2D eigenvalue weighted by Gasteiger charge is 2.18. The highest BCUT2D eigenvalue weighted by Crippen LogP contribution is 2.15. The molecule has 0 rings (SSSR count). The van der Waals surface area contributed by atoms with Gasteiger partial charge in [-0.25, -0.2) is 0 Å². The Morgan fingerprint density at radius 2 is 1.59 bits per heavy atom. The normalized spacial score (nSPS) is 15.1. The molecule has 0 amide bonds. The van der Waals surface area contributed by atoms with E-state index in [1.807, 2.05) is 6.92 Å². The van der Waals surface area contributed by atoms with Gasteiger partial charge in [-0.3, -0.25) is 4.79 Å². The van der Waals surface area contributed by atoms with Crippen LogP contribution in [0.2, 0.25) is 0 Å². The van der Waals surface area contributed by atoms with Crippen molar-refractivity contribution in [2.45, 2.75) is 60.8 Å². The third kappa shape index (κ3) is 8.23. The Bertz CT molecular complexity index is 209. The zero-order valence-electron chi connectivity index (χ0n) is 12.5. The summed E-state index contributed by atoms with van der Waals surface area (Å²) >= 11 is 0. The van der Waals surface area contributed by atoms with Crippen molar-refractivity contribution < 1.29 is 9.53 Å². The van der Waals surface area contributed by atoms with Crippen LogP contribution < -0.4 is 0 Å². The van der Waals surface area contributed by atoms with Crippen LogP contribution in [0.3, 0.4) is 0 Å². The molecule has 0 radical (unpaired) electrons. The van der Waals surface area contributed by atoms with Crippen molar-refractivity contribution in [1.29, 1.82) is 0 Å². The van der Waals surface area contributed by atoms with E-state index in [4.69, 9.17) is 4.74 Å². The van der Waals surface area contributed by atoms with Crippen LogP contribution in [0.25, 0.3) is 0 Å². The zero-order chi connectivity index (χ0) is 13.4. The minimum Gasteiger partial charge on any atom is -0.465 e. The molecular weight excluding hydrogens is 212 g/mol. The molecule has 0 N–H and O–H groups in total. The molecule has 102 valence electrons. The van der Waals surface area contributed by atoms with Gasteiger partial charge in [0, 0.05) is 0 Å². The summed E-state index contributed by atoms with van der Waals surface area (Å²) in [5.74, 6) is 1.58. The van der Waals surface area contributed by atoms with E-state index < -0.39 is 0 Å². The van der Waals surface area contributed by atoms with Gasteiger partial charge in [0.2, 0.25) is 0 Å². The molecule has 2 heteroatoms. The lowest BCUT2D eigenvalue weighted by Gasteiger charge is -2.17. The van der Waals surface area contributed by atoms with E-state index in [2.05, 4.69) is 34.6 Å². The molecule has 0 saturated carbocycles. The quantitative estimate of drug-likeness (QED) is 0.594. The number of esters is 1. The lowest BCUT2D eigenvalue weighted by Crippen LogP contribution is -2.22. The number of carbonyl (C=O) groups is 1. The monoisotopic (exact) mass is 242 g/mol. The fraction of sp³-hybridized carbons (Fsp3) is 0.933. The number of carbonyl (C=O) groups excluding carboxylic acids is 1. The third-order valence-corrected chi connectivity index (χ3v) is 3.36. The van der Waals surface area contributed by atoms with Gasteiger partial charge in [0.25, 0.3) is 0 Å². The van der Waals surface area contributed by atoms with Crippen LogP contribution in [0.4, 0.5) is 0 Å². The van der Waals surface area contributed by atoms with Crippen LogP contribution in [-0.2, 0) is 9.53 Å². The molecule has 17 heavy (non-hydrogen) atoms. The van der Waals surface area contributed by atoms with Crippen LogP contribution in [0.1, 0.15) is 60.8 Å². The van der Waals surface area contributed by atoms with E-state index in [0.717, 1.165) is 12.3 Å². The predicted molar refractivity (Wildman–Crippen MR) is 72.8 cm³/mol. The Kier molecular flexibility index (Phi) is 8.28. The summed E-state index contributed by atoms with van der Waals surface area (Å²) in [6, 6.07) is 0. The first kappa shape index (κ1) is 16.5. The van der Waals surface area contributed by atoms with Crippen molar-refractivity contribution in [3.05, 3.63) is 0 Å². The van der Waals surface area contributed by atoms with Crippen LogP contribution in [0.5, 0.6) is 0 Å². The second-order valence-corrected chi connectivity index (χ2v) is 6.09. The Balaban J connectivity index is 3.69. The number of rotatable bonds is 8. The topological polar surface area (TPSA) is 26.3 Å². The summed E-state index contributed by atoms with van der Waals surface area (Å²) in [5.41, 5.74) is 0. The molecule has 0 spiro atoms. The van der Waals surface area contributed by atoms with Gasteiger partial charge in [-0.15, -0.1) is 0 Å². The van der Waals surface area contributed by atoms with Crippen molar-refractivity contribution in [2.24, 2.45) is 23.7 Å². The number of hydrogen-bond donors (Lipinski definition) is 0. The molecule has 2 unspecified atom stereocenters. The first-order chi connectivity index (χ1) is 7.84. The van der Waals surface area contributed by atoms with Gasteiger partial charge in [0.05, 0.1) is 12.5 Å². The van der Waals surface area contributed by atoms with Crippen molar-refractivity contribution in [1.82, 2.24) is 0 Å². The molecule has 0 fully saturated rings. The average Bonchev–Trinajstić information content (AvgIpc) is 2.24. The lowest BCUT2D eigenvalue weighted by atomic mass is 9.98. The summed E-state index contributed by atoms with van der Waals surface area (Å²) in [6.45, 7) is 13.3. The van der Waals surface area contributed by atoms with Crippen molar-refractivity contribution in [3.8, 4) is 0 Å². The minimum absolute atomic E-state index is 0.0119. The average molecular weight is 242 g/mol. The predicted octanol–water partition coefficient (Wildman–Crippen LogP) is 4.28. The highest BCUT2D eigenvalue weighted by atomic mass is 16.5. The van der Waals surface area contributed by atoms with Crippen molar-refractivity contribution in [2.75, 3.05) is 6.61 Å². The molecule has 0 aromatic carbocycles. The molecular formula is C15H30O2. The third-order valence-electron chi connectivity index (χ3n) is 3.36. The van der Waals surface area contributed by atoms with E-state index in [-0.39, 0.29) is 11.9 Å². The van der Waals surface area contributed by atoms with Gasteiger partial charge < -0.3 is 4.74 Å². The van der Waals surface area contributed by atoms with Gasteiger partial charge in [-0.05, 0) is 24.2 Å². The largest absolute Gasteiger partial charge is 0.465 e. The van der Waals surface area contributed by atoms with E-state index in [9.17, 15) is 4.79 Å². The van der Waals surface area contributed by atoms with Crippen LogP contribution in [0, 0.1) is 23.7 Å². The number of hydrogen-bond acceptors (Lipinski definition) is 2. The maximum atomic E-state index is 11.6. The van der Waals surface area contributed by atoms with Crippen molar-refractivity contribution in [3.63, 3.8) is 0 Å². The molecule has 0 aliphatic carbocycles. The Morgan fingerprint density at radius 3 is 2.06 bits per heavy atom. The van der Waals surface area contributed by atoms with E-state index >= 15 is 0 Å². The molecule has 0 aromatic rings. The van der Waals surface area contributed by atoms with Crippen LogP contribution >= 0.6 is 0 Å². The zero-order valence-corrected chi connectivity index (χ0v) is 12.5. The molecule has 0 heterocycles. The second-order valence-electron chi connectivity index (χ2n) is 6.09. The fourth-order valence-electron chi connectivity index (χ4n) is 1.59. The van der Waals surface area contributed by atoms with Crippen molar-refractivity contribution >= 4 is 5.97 Å². The SMILES string of the molecule is CC(C)CCCC(C)COC(=O)C(C)C(C)C. The lowest BCUT2D eigenvalue weighted by molar-refractivity contribution is -0.150. The van der Waals surface area contributed by atoms with E-state index in [1.54, 1.807) is 0 Å². The maximum Gasteiger partial charge on any atom is 0.308 e. The second kappa shape index (κ2) is 8.54. The van der Waals surface area contributed by atoms with Crippen LogP contribution in [0.15, 0.2) is 0 Å². The van der Waals surface area contributed by atoms with Gasteiger partial charge in [-0.1, -0.05) is 54.4 Å². The summed E-state index contributed by atoms with van der Waals surface area (Å²) < 4.78 is 5.35. The van der Waals surface area contributed by atoms with Crippen LogP contribution in [-0.4, -0.2) is 12.6 Å². The molecule has 0 bridgehead atoms. The highest BCUT2D eigenvalue weighted by molar-refractivity contribution is 5.72.